The minimum atomic E-state index is -0.180. The Labute approximate surface area is 147 Å². The first-order valence-electron chi connectivity index (χ1n) is 9.38. The maximum Gasteiger partial charge on any atom is 0.273 e. The summed E-state index contributed by atoms with van der Waals surface area (Å²) in [5, 5.41) is 6.97. The van der Waals surface area contributed by atoms with Crippen molar-refractivity contribution in [3.05, 3.63) is 17.5 Å². The first-order valence-corrected chi connectivity index (χ1v) is 9.38. The van der Waals surface area contributed by atoms with Gasteiger partial charge in [0.2, 0.25) is 5.91 Å². The van der Waals surface area contributed by atoms with Crippen LogP contribution in [-0.2, 0) is 4.79 Å². The minimum absolute atomic E-state index is 0.0416. The molecule has 3 heterocycles. The smallest absolute Gasteiger partial charge is 0.273 e. The maximum absolute atomic E-state index is 12.4. The molecule has 1 saturated carbocycles. The molecule has 0 bridgehead atoms. The number of aromatic nitrogens is 1. The highest BCUT2D eigenvalue weighted by Gasteiger charge is 2.34. The number of carbonyl (C=O) groups is 2. The zero-order valence-corrected chi connectivity index (χ0v) is 14.7. The topological polar surface area (TPSA) is 78.7 Å². The van der Waals surface area contributed by atoms with E-state index in [4.69, 9.17) is 4.52 Å². The van der Waals surface area contributed by atoms with E-state index in [1.807, 2.05) is 4.90 Å². The largest absolute Gasteiger partial charge is 0.360 e. The van der Waals surface area contributed by atoms with E-state index in [0.717, 1.165) is 51.1 Å². The van der Waals surface area contributed by atoms with E-state index < -0.39 is 0 Å². The lowest BCUT2D eigenvalue weighted by molar-refractivity contribution is -0.131. The predicted octanol–water partition coefficient (Wildman–Crippen LogP) is 1.22. The monoisotopic (exact) mass is 346 g/mol. The molecule has 1 N–H and O–H groups in total. The van der Waals surface area contributed by atoms with Crippen molar-refractivity contribution < 1.29 is 14.1 Å². The van der Waals surface area contributed by atoms with Crippen LogP contribution in [0.1, 0.15) is 54.8 Å². The van der Waals surface area contributed by atoms with Gasteiger partial charge in [-0.2, -0.15) is 0 Å². The van der Waals surface area contributed by atoms with Crippen molar-refractivity contribution in [2.45, 2.75) is 44.6 Å². The Morgan fingerprint density at radius 3 is 2.76 bits per heavy atom. The fraction of sp³-hybridized carbons (Fsp3) is 0.722. The number of nitrogens with one attached hydrogen (secondary N) is 1. The van der Waals surface area contributed by atoms with Crippen molar-refractivity contribution in [2.75, 3.05) is 32.7 Å². The minimum Gasteiger partial charge on any atom is -0.360 e. The van der Waals surface area contributed by atoms with Gasteiger partial charge in [-0.3, -0.25) is 14.5 Å². The average Bonchev–Trinajstić information content (AvgIpc) is 3.02. The number of nitrogens with zero attached hydrogens (tertiary/aromatic N) is 3. The summed E-state index contributed by atoms with van der Waals surface area (Å²) < 4.78 is 5.26. The summed E-state index contributed by atoms with van der Waals surface area (Å²) in [5.41, 5.74) is 0.362. The van der Waals surface area contributed by atoms with E-state index in [0.29, 0.717) is 30.6 Å². The summed E-state index contributed by atoms with van der Waals surface area (Å²) in [7, 11) is 0. The normalized spacial score (nSPS) is 27.0. The number of hydrogen-bond acceptors (Lipinski definition) is 5. The Morgan fingerprint density at radius 2 is 2.04 bits per heavy atom. The van der Waals surface area contributed by atoms with Crippen molar-refractivity contribution in [3.8, 4) is 0 Å². The molecule has 2 amide bonds. The highest BCUT2D eigenvalue weighted by molar-refractivity contribution is 5.92. The van der Waals surface area contributed by atoms with Crippen LogP contribution in [0.25, 0.3) is 0 Å². The van der Waals surface area contributed by atoms with Gasteiger partial charge in [0, 0.05) is 44.2 Å². The van der Waals surface area contributed by atoms with Crippen LogP contribution in [0.15, 0.2) is 10.6 Å². The molecule has 2 atom stereocenters. The number of carbonyl (C=O) groups excluding carboxylic acids is 2. The Bertz CT molecular complexity index is 649. The van der Waals surface area contributed by atoms with Crippen LogP contribution in [-0.4, -0.2) is 65.5 Å². The lowest BCUT2D eigenvalue weighted by Crippen LogP contribution is -2.41. The van der Waals surface area contributed by atoms with Crippen LogP contribution in [0, 0.1) is 5.92 Å². The van der Waals surface area contributed by atoms with Crippen molar-refractivity contribution in [1.29, 1.82) is 0 Å². The van der Waals surface area contributed by atoms with Gasteiger partial charge in [0.15, 0.2) is 5.69 Å². The first kappa shape index (κ1) is 16.6. The highest BCUT2D eigenvalue weighted by Crippen LogP contribution is 2.40. The molecule has 1 aromatic rings. The third kappa shape index (κ3) is 3.71. The fourth-order valence-corrected chi connectivity index (χ4v) is 3.84. The van der Waals surface area contributed by atoms with Crippen LogP contribution < -0.4 is 5.32 Å². The van der Waals surface area contributed by atoms with E-state index in [9.17, 15) is 9.59 Å². The summed E-state index contributed by atoms with van der Waals surface area (Å²) in [6.45, 7) is 5.88. The van der Waals surface area contributed by atoms with Gasteiger partial charge in [0.1, 0.15) is 5.76 Å². The van der Waals surface area contributed by atoms with E-state index in [1.54, 1.807) is 6.07 Å². The third-order valence-corrected chi connectivity index (χ3v) is 5.56. The van der Waals surface area contributed by atoms with Crippen LogP contribution in [0.4, 0.5) is 0 Å². The predicted molar refractivity (Wildman–Crippen MR) is 91.2 cm³/mol. The second-order valence-electron chi connectivity index (χ2n) is 7.73. The second kappa shape index (κ2) is 6.78. The Kier molecular flexibility index (Phi) is 4.50. The van der Waals surface area contributed by atoms with Crippen molar-refractivity contribution >= 4 is 11.8 Å². The molecule has 1 aromatic heterocycles. The molecule has 136 valence electrons. The molecule has 0 spiro atoms. The average molecular weight is 346 g/mol. The van der Waals surface area contributed by atoms with Gasteiger partial charge >= 0.3 is 0 Å². The van der Waals surface area contributed by atoms with Gasteiger partial charge < -0.3 is 14.7 Å². The molecule has 1 aliphatic carbocycles. The molecule has 2 saturated heterocycles. The maximum atomic E-state index is 12.4. The molecule has 2 aliphatic heterocycles. The molecule has 0 aromatic carbocycles. The summed E-state index contributed by atoms with van der Waals surface area (Å²) in [6.07, 6.45) is 4.47. The summed E-state index contributed by atoms with van der Waals surface area (Å²) in [4.78, 5) is 28.8. The van der Waals surface area contributed by atoms with Gasteiger partial charge in [-0.05, 0) is 31.6 Å². The summed E-state index contributed by atoms with van der Waals surface area (Å²) in [5.74, 6) is 1.61. The van der Waals surface area contributed by atoms with Crippen LogP contribution in [0.5, 0.6) is 0 Å². The lowest BCUT2D eigenvalue weighted by atomic mass is 10.1. The standard InChI is InChI=1S/C18H26N4O3/c1-12-9-21(11-17(23)22-6-2-3-7-22)10-15(12)19-18(24)14-8-16(25-20-14)13-4-5-13/h8,12-13,15H,2-7,9-11H2,1H3,(H,19,24). The number of hydrogen-bond donors (Lipinski definition) is 1. The summed E-state index contributed by atoms with van der Waals surface area (Å²) >= 11 is 0. The number of rotatable bonds is 5. The molecular weight excluding hydrogens is 320 g/mol. The molecule has 25 heavy (non-hydrogen) atoms. The van der Waals surface area contributed by atoms with E-state index >= 15 is 0 Å². The molecule has 7 heteroatoms. The van der Waals surface area contributed by atoms with Crippen LogP contribution in [0.2, 0.25) is 0 Å². The summed E-state index contributed by atoms with van der Waals surface area (Å²) in [6, 6.07) is 1.81. The van der Waals surface area contributed by atoms with E-state index in [1.165, 1.54) is 0 Å². The van der Waals surface area contributed by atoms with Crippen LogP contribution >= 0.6 is 0 Å². The highest BCUT2D eigenvalue weighted by atomic mass is 16.5. The van der Waals surface area contributed by atoms with Gasteiger partial charge in [-0.15, -0.1) is 0 Å². The molecule has 0 radical (unpaired) electrons. The molecule has 4 rings (SSSR count). The van der Waals surface area contributed by atoms with Gasteiger partial charge in [-0.1, -0.05) is 12.1 Å². The third-order valence-electron chi connectivity index (χ3n) is 5.56. The van der Waals surface area contributed by atoms with E-state index in [2.05, 4.69) is 22.3 Å². The first-order chi connectivity index (χ1) is 12.1. The molecule has 2 unspecified atom stereocenters. The number of likely N-dealkylation sites (tertiary alicyclic amines) is 2. The van der Waals surface area contributed by atoms with Crippen LogP contribution in [0.3, 0.4) is 0 Å². The van der Waals surface area contributed by atoms with Gasteiger partial charge in [0.05, 0.1) is 6.54 Å². The van der Waals surface area contributed by atoms with Gasteiger partial charge in [-0.25, -0.2) is 0 Å². The molecule has 3 aliphatic rings. The molecular formula is C18H26N4O3. The SMILES string of the molecule is CC1CN(CC(=O)N2CCCC2)CC1NC(=O)c1cc(C2CC2)on1. The van der Waals surface area contributed by atoms with Crippen molar-refractivity contribution in [1.82, 2.24) is 20.3 Å². The van der Waals surface area contributed by atoms with Crippen molar-refractivity contribution in [2.24, 2.45) is 5.92 Å². The molecule has 7 nitrogen and oxygen atoms in total. The Morgan fingerprint density at radius 1 is 1.28 bits per heavy atom. The Hall–Kier alpha value is -1.89. The van der Waals surface area contributed by atoms with E-state index in [-0.39, 0.29) is 17.9 Å². The second-order valence-corrected chi connectivity index (χ2v) is 7.73. The number of amides is 2. The quantitative estimate of drug-likeness (QED) is 0.867. The zero-order chi connectivity index (χ0) is 17.4. The lowest BCUT2D eigenvalue weighted by Gasteiger charge is -2.20. The van der Waals surface area contributed by atoms with Crippen molar-refractivity contribution in [3.63, 3.8) is 0 Å². The van der Waals surface area contributed by atoms with Gasteiger partial charge in [0.25, 0.3) is 5.91 Å². The fourth-order valence-electron chi connectivity index (χ4n) is 3.84. The Balaban J connectivity index is 1.29. The zero-order valence-electron chi connectivity index (χ0n) is 14.7. The molecule has 3 fully saturated rings.